The molecule has 3 rings (SSSR count). The van der Waals surface area contributed by atoms with Crippen molar-refractivity contribution >= 4 is 5.57 Å². The van der Waals surface area contributed by atoms with Crippen molar-refractivity contribution in [2.45, 2.75) is 68.4 Å². The number of hydrogen-bond donors (Lipinski definition) is 0. The molecule has 2 atom stereocenters. The summed E-state index contributed by atoms with van der Waals surface area (Å²) in [7, 11) is 0. The molecule has 0 bridgehead atoms. The standard InChI is InChI=1S/C22H29N/c1-10-12(3)16(7)21-19(14(10)5)18(9)20-15(6)11(2)13(4)17(8)22(20)23-21/h16,21H,1-9H3. The SMILES string of the molecule is CC1=C(C)C(C)C2N=c3c(C)c(C)c(C)c(C)c3=C(C)C2=C1C. The largest absolute Gasteiger partial charge is 0.276 e. The summed E-state index contributed by atoms with van der Waals surface area (Å²) in [6.45, 7) is 20.4. The molecule has 1 aromatic rings. The molecule has 0 saturated heterocycles. The molecule has 0 fully saturated rings. The second kappa shape index (κ2) is 5.19. The lowest BCUT2D eigenvalue weighted by atomic mass is 9.73. The lowest BCUT2D eigenvalue weighted by Gasteiger charge is -2.35. The van der Waals surface area contributed by atoms with Crippen LogP contribution < -0.4 is 10.6 Å². The molecule has 1 heterocycles. The van der Waals surface area contributed by atoms with E-state index in [0.29, 0.717) is 5.92 Å². The maximum Gasteiger partial charge on any atom is 0.0824 e. The van der Waals surface area contributed by atoms with Gasteiger partial charge in [-0.3, -0.25) is 4.99 Å². The van der Waals surface area contributed by atoms with Crippen molar-refractivity contribution in [3.63, 3.8) is 0 Å². The maximum atomic E-state index is 5.28. The Bertz CT molecular complexity index is 907. The normalized spacial score (nSPS) is 23.8. The van der Waals surface area contributed by atoms with Gasteiger partial charge in [-0.05, 0) is 99.9 Å². The van der Waals surface area contributed by atoms with Crippen molar-refractivity contribution in [2.75, 3.05) is 0 Å². The van der Waals surface area contributed by atoms with Crippen LogP contribution in [0.15, 0.2) is 27.3 Å². The van der Waals surface area contributed by atoms with Gasteiger partial charge in [-0.15, -0.1) is 0 Å². The van der Waals surface area contributed by atoms with E-state index in [1.165, 1.54) is 60.7 Å². The van der Waals surface area contributed by atoms with Gasteiger partial charge in [0.2, 0.25) is 0 Å². The summed E-state index contributed by atoms with van der Waals surface area (Å²) in [5, 5.41) is 2.62. The molecule has 0 saturated carbocycles. The minimum atomic E-state index is 0.284. The summed E-state index contributed by atoms with van der Waals surface area (Å²) < 4.78 is 0. The highest BCUT2D eigenvalue weighted by Gasteiger charge is 2.33. The highest BCUT2D eigenvalue weighted by Crippen LogP contribution is 2.40. The van der Waals surface area contributed by atoms with Crippen molar-refractivity contribution in [3.8, 4) is 0 Å². The molecule has 0 aromatic heterocycles. The van der Waals surface area contributed by atoms with Gasteiger partial charge in [0.25, 0.3) is 0 Å². The second-order valence-electron chi connectivity index (χ2n) is 7.56. The van der Waals surface area contributed by atoms with Crippen molar-refractivity contribution < 1.29 is 0 Å². The van der Waals surface area contributed by atoms with E-state index in [0.717, 1.165) is 0 Å². The summed E-state index contributed by atoms with van der Waals surface area (Å²) in [6, 6.07) is 0.284. The van der Waals surface area contributed by atoms with Crippen LogP contribution in [0.1, 0.15) is 56.9 Å². The highest BCUT2D eigenvalue weighted by atomic mass is 14.8. The zero-order valence-corrected chi connectivity index (χ0v) is 16.1. The first-order valence-corrected chi connectivity index (χ1v) is 8.72. The number of fused-ring (bicyclic) bond motifs is 2. The van der Waals surface area contributed by atoms with Gasteiger partial charge in [-0.2, -0.15) is 0 Å². The first-order chi connectivity index (χ1) is 10.7. The fourth-order valence-electron chi connectivity index (χ4n) is 4.41. The Hall–Kier alpha value is -1.63. The monoisotopic (exact) mass is 307 g/mol. The van der Waals surface area contributed by atoms with E-state index in [1.54, 1.807) is 0 Å². The summed E-state index contributed by atoms with van der Waals surface area (Å²) in [4.78, 5) is 5.28. The molecule has 2 unspecified atom stereocenters. The smallest absolute Gasteiger partial charge is 0.0824 e. The van der Waals surface area contributed by atoms with E-state index in [4.69, 9.17) is 4.99 Å². The van der Waals surface area contributed by atoms with E-state index >= 15 is 0 Å². The minimum Gasteiger partial charge on any atom is -0.276 e. The van der Waals surface area contributed by atoms with Gasteiger partial charge in [0, 0.05) is 11.1 Å². The summed E-state index contributed by atoms with van der Waals surface area (Å²) in [6.07, 6.45) is 0. The lowest BCUT2D eigenvalue weighted by molar-refractivity contribution is 0.550. The zero-order chi connectivity index (χ0) is 17.2. The molecular weight excluding hydrogens is 278 g/mol. The molecule has 0 radical (unpaired) electrons. The van der Waals surface area contributed by atoms with Crippen LogP contribution in [0.25, 0.3) is 5.57 Å². The Morgan fingerprint density at radius 2 is 1.22 bits per heavy atom. The number of benzene rings is 1. The third-order valence-corrected chi connectivity index (χ3v) is 6.71. The molecule has 0 spiro atoms. The van der Waals surface area contributed by atoms with Crippen LogP contribution in [0.5, 0.6) is 0 Å². The molecule has 1 nitrogen and oxygen atoms in total. The van der Waals surface area contributed by atoms with E-state index in [9.17, 15) is 0 Å². The molecule has 0 amide bonds. The van der Waals surface area contributed by atoms with Crippen molar-refractivity contribution in [1.29, 1.82) is 0 Å². The topological polar surface area (TPSA) is 12.4 Å². The lowest BCUT2D eigenvalue weighted by Crippen LogP contribution is -2.43. The molecule has 0 N–H and O–H groups in total. The van der Waals surface area contributed by atoms with Gasteiger partial charge in [-0.1, -0.05) is 12.5 Å². The predicted molar refractivity (Wildman–Crippen MR) is 99.3 cm³/mol. The van der Waals surface area contributed by atoms with E-state index < -0.39 is 0 Å². The molecule has 122 valence electrons. The average molecular weight is 307 g/mol. The summed E-state index contributed by atoms with van der Waals surface area (Å²) in [5.74, 6) is 0.484. The summed E-state index contributed by atoms with van der Waals surface area (Å²) >= 11 is 0. The third kappa shape index (κ3) is 2.02. The Labute approximate surface area is 140 Å². The molecular formula is C22H29N. The third-order valence-electron chi connectivity index (χ3n) is 6.71. The maximum absolute atomic E-state index is 5.28. The van der Waals surface area contributed by atoms with E-state index in [1.807, 2.05) is 0 Å². The van der Waals surface area contributed by atoms with Crippen LogP contribution in [0.2, 0.25) is 0 Å². The van der Waals surface area contributed by atoms with Gasteiger partial charge in [0.1, 0.15) is 0 Å². The summed E-state index contributed by atoms with van der Waals surface area (Å²) in [5.41, 5.74) is 12.9. The van der Waals surface area contributed by atoms with Crippen LogP contribution in [0, 0.1) is 33.6 Å². The van der Waals surface area contributed by atoms with Gasteiger partial charge < -0.3 is 0 Å². The highest BCUT2D eigenvalue weighted by molar-refractivity contribution is 5.72. The minimum absolute atomic E-state index is 0.284. The molecule has 23 heavy (non-hydrogen) atoms. The van der Waals surface area contributed by atoms with Gasteiger partial charge >= 0.3 is 0 Å². The first-order valence-electron chi connectivity index (χ1n) is 8.72. The van der Waals surface area contributed by atoms with Crippen LogP contribution in [-0.4, -0.2) is 6.04 Å². The van der Waals surface area contributed by atoms with E-state index in [-0.39, 0.29) is 6.04 Å². The Balaban J connectivity index is 2.54. The number of rotatable bonds is 0. The van der Waals surface area contributed by atoms with Crippen LogP contribution in [0.3, 0.4) is 0 Å². The molecule has 1 aliphatic carbocycles. The van der Waals surface area contributed by atoms with Crippen molar-refractivity contribution in [2.24, 2.45) is 10.9 Å². The fourth-order valence-corrected chi connectivity index (χ4v) is 4.41. The van der Waals surface area contributed by atoms with Gasteiger partial charge in [-0.25, -0.2) is 0 Å². The molecule has 1 aliphatic heterocycles. The van der Waals surface area contributed by atoms with Gasteiger partial charge in [0.15, 0.2) is 0 Å². The second-order valence-corrected chi connectivity index (χ2v) is 7.56. The molecule has 1 heteroatoms. The Morgan fingerprint density at radius 1 is 0.652 bits per heavy atom. The van der Waals surface area contributed by atoms with Crippen LogP contribution >= 0.6 is 0 Å². The van der Waals surface area contributed by atoms with Gasteiger partial charge in [0.05, 0.1) is 11.4 Å². The Morgan fingerprint density at radius 3 is 1.83 bits per heavy atom. The number of nitrogens with zero attached hydrogens (tertiary/aromatic N) is 1. The molecule has 1 aromatic carbocycles. The quantitative estimate of drug-likeness (QED) is 0.674. The number of allylic oxidation sites excluding steroid dienone is 2. The average Bonchev–Trinajstić information content (AvgIpc) is 2.53. The zero-order valence-electron chi connectivity index (χ0n) is 16.1. The van der Waals surface area contributed by atoms with Crippen molar-refractivity contribution in [3.05, 3.63) is 55.1 Å². The van der Waals surface area contributed by atoms with Crippen LogP contribution in [0.4, 0.5) is 0 Å². The van der Waals surface area contributed by atoms with E-state index in [2.05, 4.69) is 62.3 Å². The first kappa shape index (κ1) is 16.2. The predicted octanol–water partition coefficient (Wildman–Crippen LogP) is 4.40. The van der Waals surface area contributed by atoms with Crippen molar-refractivity contribution in [1.82, 2.24) is 0 Å². The van der Waals surface area contributed by atoms with Crippen LogP contribution in [-0.2, 0) is 0 Å². The Kier molecular flexibility index (Phi) is 3.66. The molecule has 2 aliphatic rings. The number of hydrogen-bond acceptors (Lipinski definition) is 1. The fraction of sp³-hybridized carbons (Fsp3) is 0.500.